The van der Waals surface area contributed by atoms with Crippen LogP contribution in [-0.2, 0) is 0 Å². The summed E-state index contributed by atoms with van der Waals surface area (Å²) in [4.78, 5) is 30.5. The van der Waals surface area contributed by atoms with Crippen molar-refractivity contribution in [1.82, 2.24) is 42.4 Å². The fraction of sp³-hybridized carbons (Fsp3) is 0.159. The van der Waals surface area contributed by atoms with Crippen LogP contribution in [0.25, 0.3) is 227 Å². The number of nitrogens with zero attached hydrogens (tertiary/aromatic N) is 11. The average Bonchev–Trinajstić information content (AvgIpc) is 1.54. The largest absolute Gasteiger partial charge is 0.309 e. The Morgan fingerprint density at radius 1 is 0.268 bits per heavy atom. The molecule has 7 aromatic heterocycles. The van der Waals surface area contributed by atoms with Crippen LogP contribution in [0.2, 0.25) is 0 Å². The van der Waals surface area contributed by atoms with Crippen molar-refractivity contribution in [2.45, 2.75) is 84.5 Å². The molecule has 6 saturated carbocycles. The van der Waals surface area contributed by atoms with Gasteiger partial charge in [-0.3, -0.25) is 0 Å². The minimum absolute atomic E-state index is 0.156. The standard InChI is InChI=1S/C138H105N11/c1-83-73-90-75-110-108(90)77-112(109(110)74-83)136-142-134(106-50-23-31-63-123(106)147-119-59-27-19-46-99(119)102-67-70-125-130(133(102)147)105-49-22-30-62-122(105)144(125)91-39-12-6-13-40-91)141-135(143-136)107-55-33-53-95(88-37-10-5-11-38-88)132(107)148-118-58-26-18-45-98(118)101-66-65-89(76-126(101)148)93-51-34-64-124-129(93)113-78-111-100-47-20-28-60-120(100)149(127(111)79-128(113)145(124)92-41-14-7-15-42-92)131-94(87-35-8-4-9-36-87)52-32-54-104(131)115-69-68-114(139-137(140-115)138-80-84(2)71-86(82-138)72-85(3)81-138)103-48-21-29-61-121(103)146-116-56-24-16-43-96(116)97-44-17-25-57-117(97)146/h4-68,70,76,78-79,83-86,90,108-110,112H,71-75,77,80-82H2,1-3H3/t83-,84-,85+,86?,90?,108?,109-,110-,112?,138?/m1/s1. The van der Waals surface area contributed by atoms with Gasteiger partial charge in [-0.1, -0.05) is 318 Å². The minimum atomic E-state index is -0.269. The SMILES string of the molecule is C[C@@H]1CC2C[C@@H]3C2CC(c2nc(-c4ccccc4-n4c5ccccc5c5ccc6c(c7ccccc7n6-c6ccccc6)c54)nc(-c4cccc(-c5ccccc5)c4-n4c5ccccc5c5ccc(-c6cccc7c6c6cc8c9ccccc9n(-c9c(C%10=C=CC(c%11ccccc%11-n%11c%12ccccc%12c%12ccccc%12%11)=NC(C%11%12CC(C[C@@H](C)C%11)C[C@H](C)C%12)=N%10)cccc9-c9ccccc9)c8cc6n7-c6ccccc6)cc54)n2)[C@@H]3C1. The van der Waals surface area contributed by atoms with Gasteiger partial charge in [0.25, 0.3) is 0 Å². The van der Waals surface area contributed by atoms with Gasteiger partial charge in [0.05, 0.1) is 94.7 Å². The number of hydrogen-bond donors (Lipinski definition) is 0. The third-order valence-electron chi connectivity index (χ3n) is 35.2. The summed E-state index contributed by atoms with van der Waals surface area (Å²) in [5.74, 6) is 8.08. The second kappa shape index (κ2) is 33.6. The van der Waals surface area contributed by atoms with Crippen LogP contribution in [0.4, 0.5) is 0 Å². The Morgan fingerprint density at radius 3 is 1.36 bits per heavy atom. The van der Waals surface area contributed by atoms with Crippen LogP contribution in [0.3, 0.4) is 0 Å². The molecule has 18 aromatic carbocycles. The molecule has 6 aliphatic carbocycles. The highest BCUT2D eigenvalue weighted by molar-refractivity contribution is 6.28. The van der Waals surface area contributed by atoms with E-state index >= 15 is 0 Å². The number of rotatable bonds is 15. The number of allylic oxidation sites excluding steroid dienone is 1. The smallest absolute Gasteiger partial charge is 0.165 e. The quantitative estimate of drug-likeness (QED) is 0.0957. The van der Waals surface area contributed by atoms with Crippen LogP contribution in [-0.4, -0.2) is 53.9 Å². The number of hydrogen-bond acceptors (Lipinski definition) is 5. The van der Waals surface area contributed by atoms with Gasteiger partial charge in [-0.2, -0.15) is 0 Å². The van der Waals surface area contributed by atoms with Crippen LogP contribution >= 0.6 is 0 Å². The maximum Gasteiger partial charge on any atom is 0.165 e. The van der Waals surface area contributed by atoms with Gasteiger partial charge in [0.1, 0.15) is 17.4 Å². The fourth-order valence-electron chi connectivity index (χ4n) is 29.6. The van der Waals surface area contributed by atoms with E-state index in [1.54, 1.807) is 0 Å². The summed E-state index contributed by atoms with van der Waals surface area (Å²) < 4.78 is 15.1. The average molecular weight is 1920 g/mol. The zero-order chi connectivity index (χ0) is 98.1. The van der Waals surface area contributed by atoms with E-state index in [4.69, 9.17) is 24.9 Å². The lowest BCUT2D eigenvalue weighted by atomic mass is 9.56. The predicted octanol–water partition coefficient (Wildman–Crippen LogP) is 34.8. The topological polar surface area (TPSA) is 93.0 Å². The molecule has 0 saturated heterocycles. The highest BCUT2D eigenvalue weighted by atomic mass is 15.1. The van der Waals surface area contributed by atoms with Crippen molar-refractivity contribution in [2.24, 2.45) is 62.7 Å². The lowest BCUT2D eigenvalue weighted by molar-refractivity contribution is 0.0694. The first-order valence-electron chi connectivity index (χ1n) is 53.7. The Hall–Kier alpha value is -17.4. The van der Waals surface area contributed by atoms with Crippen molar-refractivity contribution < 1.29 is 0 Å². The molecule has 7 aliphatic rings. The lowest BCUT2D eigenvalue weighted by Crippen LogP contribution is -2.44. The number of aromatic nitrogens is 9. The summed E-state index contributed by atoms with van der Waals surface area (Å²) in [6.45, 7) is 7.46. The molecule has 0 N–H and O–H groups in total. The monoisotopic (exact) mass is 1920 g/mol. The Morgan fingerprint density at radius 2 is 0.725 bits per heavy atom. The van der Waals surface area contributed by atoms with E-state index in [0.29, 0.717) is 53.1 Å². The molecule has 25 aromatic rings. The number of fused-ring (bicyclic) bond motifs is 23. The normalized spacial score (nSPS) is 20.2. The Labute approximate surface area is 863 Å². The van der Waals surface area contributed by atoms with Gasteiger partial charge in [-0.15, -0.1) is 0 Å². The van der Waals surface area contributed by atoms with Crippen LogP contribution in [0.15, 0.2) is 434 Å². The third kappa shape index (κ3) is 13.2. The summed E-state index contributed by atoms with van der Waals surface area (Å²) in [6, 6.07) is 153. The zero-order valence-electron chi connectivity index (χ0n) is 83.3. The summed E-state index contributed by atoms with van der Waals surface area (Å²) in [5.41, 5.74) is 35.6. The predicted molar refractivity (Wildman–Crippen MR) is 617 cm³/mol. The second-order valence-electron chi connectivity index (χ2n) is 43.9. The molecule has 712 valence electrons. The highest BCUT2D eigenvalue weighted by Gasteiger charge is 2.57. The number of para-hydroxylation sites is 12. The molecule has 8 heterocycles. The number of aliphatic imine (C=N–C) groups is 2. The van der Waals surface area contributed by atoms with Crippen molar-refractivity contribution in [2.75, 3.05) is 0 Å². The molecule has 10 atom stereocenters. The van der Waals surface area contributed by atoms with Gasteiger partial charge in [-0.25, -0.2) is 24.9 Å². The Kier molecular flexibility index (Phi) is 19.4. The van der Waals surface area contributed by atoms with Gasteiger partial charge < -0.3 is 27.4 Å². The van der Waals surface area contributed by atoms with E-state index in [2.05, 4.69) is 472 Å². The van der Waals surface area contributed by atoms with Crippen molar-refractivity contribution in [1.29, 1.82) is 0 Å². The van der Waals surface area contributed by atoms with Crippen molar-refractivity contribution in [3.63, 3.8) is 0 Å². The molecule has 5 unspecified atom stereocenters. The molecule has 6 fully saturated rings. The molecule has 0 amide bonds. The van der Waals surface area contributed by atoms with Gasteiger partial charge in [0.15, 0.2) is 11.6 Å². The van der Waals surface area contributed by atoms with Crippen LogP contribution in [0.1, 0.15) is 101 Å². The van der Waals surface area contributed by atoms with Crippen LogP contribution < -0.4 is 0 Å². The Bertz CT molecular complexity index is 9990. The summed E-state index contributed by atoms with van der Waals surface area (Å²) in [5, 5.41) is 14.1. The maximum absolute atomic E-state index is 6.20. The minimum Gasteiger partial charge on any atom is -0.309 e. The van der Waals surface area contributed by atoms with Gasteiger partial charge in [0, 0.05) is 127 Å². The molecule has 149 heavy (non-hydrogen) atoms. The molecule has 32 rings (SSSR count). The molecular weight excluding hydrogens is 1810 g/mol. The van der Waals surface area contributed by atoms with Gasteiger partial charge in [0.2, 0.25) is 0 Å². The van der Waals surface area contributed by atoms with E-state index in [9.17, 15) is 0 Å². The summed E-state index contributed by atoms with van der Waals surface area (Å²) in [6.07, 6.45) is 12.6. The maximum atomic E-state index is 6.20. The lowest BCUT2D eigenvalue weighted by Gasteiger charge is -2.49. The first-order valence-corrected chi connectivity index (χ1v) is 53.7. The van der Waals surface area contributed by atoms with E-state index in [0.717, 1.165) is 238 Å². The van der Waals surface area contributed by atoms with Crippen LogP contribution in [0, 0.1) is 52.8 Å². The molecule has 11 heteroatoms. The fourth-order valence-corrected chi connectivity index (χ4v) is 29.6. The highest BCUT2D eigenvalue weighted by Crippen LogP contribution is 2.66. The molecule has 1 aliphatic heterocycles. The molecule has 0 spiro atoms. The van der Waals surface area contributed by atoms with Crippen LogP contribution in [0.5, 0.6) is 0 Å². The molecule has 6 bridgehead atoms. The summed E-state index contributed by atoms with van der Waals surface area (Å²) >= 11 is 0. The molecule has 11 nitrogen and oxygen atoms in total. The number of amidine groups is 1. The van der Waals surface area contributed by atoms with E-state index in [-0.39, 0.29) is 11.3 Å². The van der Waals surface area contributed by atoms with Gasteiger partial charge >= 0.3 is 0 Å². The Balaban J connectivity index is 0.617. The zero-order valence-corrected chi connectivity index (χ0v) is 83.3. The summed E-state index contributed by atoms with van der Waals surface area (Å²) in [7, 11) is 0. The van der Waals surface area contributed by atoms with E-state index in [1.807, 2.05) is 0 Å². The first-order chi connectivity index (χ1) is 73.6. The van der Waals surface area contributed by atoms with Gasteiger partial charge in [-0.05, 0) is 249 Å². The van der Waals surface area contributed by atoms with Crippen molar-refractivity contribution in [3.05, 3.63) is 441 Å². The van der Waals surface area contributed by atoms with Crippen molar-refractivity contribution >= 4 is 148 Å². The first kappa shape index (κ1) is 86.0. The van der Waals surface area contributed by atoms with E-state index in [1.165, 1.54) is 69.8 Å². The second-order valence-corrected chi connectivity index (χ2v) is 43.9. The number of benzene rings is 18. The molecule has 0 radical (unpaired) electrons. The third-order valence-corrected chi connectivity index (χ3v) is 35.2. The molecular formula is C138H105N11. The van der Waals surface area contributed by atoms with E-state index < -0.39 is 0 Å². The van der Waals surface area contributed by atoms with Crippen molar-refractivity contribution in [3.8, 4) is 90.3 Å².